The fraction of sp³-hybridized carbons (Fsp3) is 0.333. The van der Waals surface area contributed by atoms with Crippen LogP contribution in [-0.2, 0) is 4.79 Å². The number of aromatic nitrogens is 1. The minimum Gasteiger partial charge on any atom is -0.479 e. The Morgan fingerprint density at radius 2 is 2.15 bits per heavy atom. The van der Waals surface area contributed by atoms with E-state index in [0.29, 0.717) is 23.9 Å². The van der Waals surface area contributed by atoms with Gasteiger partial charge >= 0.3 is 0 Å². The Morgan fingerprint density at radius 3 is 2.85 bits per heavy atom. The van der Waals surface area contributed by atoms with Gasteiger partial charge in [-0.2, -0.15) is 0 Å². The van der Waals surface area contributed by atoms with Crippen LogP contribution in [0.2, 0.25) is 5.02 Å². The van der Waals surface area contributed by atoms with E-state index in [2.05, 4.69) is 10.3 Å². The molecule has 1 N–H and O–H groups in total. The molecule has 1 amide bonds. The third kappa shape index (κ3) is 5.48. The minimum atomic E-state index is -0.575. The normalized spacial score (nSPS) is 17.5. The Morgan fingerprint density at radius 1 is 1.35 bits per heavy atom. The van der Waals surface area contributed by atoms with E-state index in [1.807, 2.05) is 29.2 Å². The molecule has 1 aliphatic rings. The van der Waals surface area contributed by atoms with Gasteiger partial charge < -0.3 is 15.0 Å². The lowest BCUT2D eigenvalue weighted by Gasteiger charge is -2.38. The van der Waals surface area contributed by atoms with Crippen LogP contribution in [0.4, 0.5) is 0 Å². The molecule has 0 bridgehead atoms. The third-order valence-electron chi connectivity index (χ3n) is 4.05. The smallest absolute Gasteiger partial charge is 0.263 e. The number of amides is 1. The van der Waals surface area contributed by atoms with Crippen molar-refractivity contribution in [2.75, 3.05) is 19.6 Å². The summed E-state index contributed by atoms with van der Waals surface area (Å²) in [5.74, 6) is 0.554. The summed E-state index contributed by atoms with van der Waals surface area (Å²) in [4.78, 5) is 18.8. The maximum atomic E-state index is 12.9. The van der Waals surface area contributed by atoms with Crippen LogP contribution in [0.3, 0.4) is 0 Å². The lowest BCUT2D eigenvalue weighted by atomic mass is 10.0. The maximum Gasteiger partial charge on any atom is 0.263 e. The molecule has 2 atom stereocenters. The summed E-state index contributed by atoms with van der Waals surface area (Å²) in [5.41, 5.74) is 1.02. The molecule has 0 spiro atoms. The van der Waals surface area contributed by atoms with Gasteiger partial charge in [0.15, 0.2) is 6.10 Å². The average molecular weight is 419 g/mol. The lowest BCUT2D eigenvalue weighted by Crippen LogP contribution is -2.52. The van der Waals surface area contributed by atoms with Crippen LogP contribution in [0.25, 0.3) is 0 Å². The van der Waals surface area contributed by atoms with Crippen LogP contribution in [-0.4, -0.2) is 41.5 Å². The van der Waals surface area contributed by atoms with E-state index in [0.717, 1.165) is 12.1 Å². The standard InChI is InChI=1S/C18H20ClN3O2.2ClH/c1-13(24-16-6-3-7-20-11-16)18(23)22-9-8-21-12-17(22)14-4-2-5-15(19)10-14;;/h2-7,10-11,13,17,21H,8-9,12H2,1H3;2*1H. The second-order valence-electron chi connectivity index (χ2n) is 5.76. The van der Waals surface area contributed by atoms with E-state index in [9.17, 15) is 4.79 Å². The van der Waals surface area contributed by atoms with Crippen molar-refractivity contribution in [2.24, 2.45) is 0 Å². The number of piperazine rings is 1. The van der Waals surface area contributed by atoms with Gasteiger partial charge in [-0.05, 0) is 36.8 Å². The number of hydrogen-bond donors (Lipinski definition) is 1. The molecule has 0 saturated carbocycles. The van der Waals surface area contributed by atoms with Crippen molar-refractivity contribution in [1.29, 1.82) is 0 Å². The number of nitrogens with one attached hydrogen (secondary N) is 1. The van der Waals surface area contributed by atoms with Crippen LogP contribution in [0.15, 0.2) is 48.8 Å². The second kappa shape index (κ2) is 10.6. The average Bonchev–Trinajstić information content (AvgIpc) is 2.62. The predicted molar refractivity (Wildman–Crippen MR) is 108 cm³/mol. The van der Waals surface area contributed by atoms with Crippen LogP contribution in [0.1, 0.15) is 18.5 Å². The number of ether oxygens (including phenoxy) is 1. The molecule has 5 nitrogen and oxygen atoms in total. The lowest BCUT2D eigenvalue weighted by molar-refractivity contribution is -0.141. The Labute approximate surface area is 170 Å². The van der Waals surface area contributed by atoms with Crippen molar-refractivity contribution < 1.29 is 9.53 Å². The summed E-state index contributed by atoms with van der Waals surface area (Å²) in [5, 5.41) is 4.01. The molecule has 1 aliphatic heterocycles. The number of rotatable bonds is 4. The van der Waals surface area contributed by atoms with E-state index >= 15 is 0 Å². The molecule has 1 aromatic carbocycles. The molecule has 8 heteroatoms. The molecule has 1 fully saturated rings. The molecule has 1 aromatic heterocycles. The first kappa shape index (κ1) is 22.5. The number of nitrogens with zero attached hydrogens (tertiary/aromatic N) is 2. The SMILES string of the molecule is CC(Oc1cccnc1)C(=O)N1CCNCC1c1cccc(Cl)c1.Cl.Cl. The summed E-state index contributed by atoms with van der Waals surface area (Å²) in [6.45, 7) is 3.87. The number of halogens is 3. The first-order valence-electron chi connectivity index (χ1n) is 7.98. The molecule has 2 heterocycles. The maximum absolute atomic E-state index is 12.9. The number of carbonyl (C=O) groups excluding carboxylic acids is 1. The van der Waals surface area contributed by atoms with Gasteiger partial charge in [0.25, 0.3) is 5.91 Å². The predicted octanol–water partition coefficient (Wildman–Crippen LogP) is 3.52. The fourth-order valence-electron chi connectivity index (χ4n) is 2.88. The molecule has 0 aliphatic carbocycles. The van der Waals surface area contributed by atoms with Crippen LogP contribution < -0.4 is 10.1 Å². The summed E-state index contributed by atoms with van der Waals surface area (Å²) in [7, 11) is 0. The number of benzene rings is 1. The van der Waals surface area contributed by atoms with Crippen LogP contribution in [0, 0.1) is 0 Å². The molecule has 2 unspecified atom stereocenters. The quantitative estimate of drug-likeness (QED) is 0.825. The number of carbonyl (C=O) groups is 1. The van der Waals surface area contributed by atoms with E-state index in [-0.39, 0.29) is 36.8 Å². The number of hydrogen-bond acceptors (Lipinski definition) is 4. The van der Waals surface area contributed by atoms with Crippen molar-refractivity contribution in [3.8, 4) is 5.75 Å². The highest BCUT2D eigenvalue weighted by Crippen LogP contribution is 2.26. The van der Waals surface area contributed by atoms with E-state index in [4.69, 9.17) is 16.3 Å². The van der Waals surface area contributed by atoms with Gasteiger partial charge in [-0.25, -0.2) is 0 Å². The van der Waals surface area contributed by atoms with Gasteiger partial charge in [-0.3, -0.25) is 9.78 Å². The molecule has 142 valence electrons. The molecule has 0 radical (unpaired) electrons. The first-order valence-corrected chi connectivity index (χ1v) is 8.36. The zero-order valence-corrected chi connectivity index (χ0v) is 16.7. The topological polar surface area (TPSA) is 54.5 Å². The Balaban J connectivity index is 0.00000169. The highest BCUT2D eigenvalue weighted by atomic mass is 35.5. The van der Waals surface area contributed by atoms with Gasteiger partial charge in [0.1, 0.15) is 5.75 Å². The summed E-state index contributed by atoms with van der Waals surface area (Å²) in [6, 6.07) is 11.2. The molecule has 2 aromatic rings. The molecule has 1 saturated heterocycles. The monoisotopic (exact) mass is 417 g/mol. The largest absolute Gasteiger partial charge is 0.479 e. The van der Waals surface area contributed by atoms with E-state index in [1.165, 1.54) is 0 Å². The first-order chi connectivity index (χ1) is 11.6. The van der Waals surface area contributed by atoms with Gasteiger partial charge in [-0.15, -0.1) is 24.8 Å². The fourth-order valence-corrected chi connectivity index (χ4v) is 3.08. The van der Waals surface area contributed by atoms with E-state index in [1.54, 1.807) is 31.5 Å². The number of pyridine rings is 1. The highest BCUT2D eigenvalue weighted by molar-refractivity contribution is 6.30. The Hall–Kier alpha value is -1.53. The molecule has 3 rings (SSSR count). The van der Waals surface area contributed by atoms with Gasteiger partial charge in [0.05, 0.1) is 12.2 Å². The van der Waals surface area contributed by atoms with Gasteiger partial charge in [0.2, 0.25) is 0 Å². The molecular weight excluding hydrogens is 397 g/mol. The van der Waals surface area contributed by atoms with Gasteiger partial charge in [-0.1, -0.05) is 23.7 Å². The van der Waals surface area contributed by atoms with Crippen molar-refractivity contribution in [1.82, 2.24) is 15.2 Å². The highest BCUT2D eigenvalue weighted by Gasteiger charge is 2.31. The minimum absolute atomic E-state index is 0. The summed E-state index contributed by atoms with van der Waals surface area (Å²) in [6.07, 6.45) is 2.70. The third-order valence-corrected chi connectivity index (χ3v) is 4.29. The zero-order valence-electron chi connectivity index (χ0n) is 14.3. The summed E-state index contributed by atoms with van der Waals surface area (Å²) < 4.78 is 5.74. The Bertz CT molecular complexity index is 703. The Kier molecular flexibility index (Phi) is 9.16. The summed E-state index contributed by atoms with van der Waals surface area (Å²) >= 11 is 6.11. The van der Waals surface area contributed by atoms with E-state index < -0.39 is 6.10 Å². The van der Waals surface area contributed by atoms with Crippen molar-refractivity contribution in [2.45, 2.75) is 19.1 Å². The van der Waals surface area contributed by atoms with Crippen molar-refractivity contribution in [3.63, 3.8) is 0 Å². The van der Waals surface area contributed by atoms with Crippen LogP contribution in [0.5, 0.6) is 5.75 Å². The molecular formula is C18H22Cl3N3O2. The van der Waals surface area contributed by atoms with Crippen molar-refractivity contribution >= 4 is 42.3 Å². The van der Waals surface area contributed by atoms with Crippen molar-refractivity contribution in [3.05, 3.63) is 59.4 Å². The van der Waals surface area contributed by atoms with Gasteiger partial charge in [0, 0.05) is 30.9 Å². The molecule has 26 heavy (non-hydrogen) atoms. The van der Waals surface area contributed by atoms with Crippen LogP contribution >= 0.6 is 36.4 Å². The zero-order chi connectivity index (χ0) is 16.9. The second-order valence-corrected chi connectivity index (χ2v) is 6.19.